The maximum absolute atomic E-state index is 11.3. The van der Waals surface area contributed by atoms with E-state index < -0.39 is 9.84 Å². The van der Waals surface area contributed by atoms with Crippen LogP contribution in [-0.4, -0.2) is 79.6 Å². The summed E-state index contributed by atoms with van der Waals surface area (Å²) in [4.78, 5) is 4.50. The van der Waals surface area contributed by atoms with Crippen molar-refractivity contribution in [3.05, 3.63) is 18.2 Å². The van der Waals surface area contributed by atoms with Crippen LogP contribution in [0.5, 0.6) is 11.5 Å². The fourth-order valence-corrected chi connectivity index (χ4v) is 3.31. The Morgan fingerprint density at radius 2 is 1.93 bits per heavy atom. The van der Waals surface area contributed by atoms with E-state index in [1.54, 1.807) is 7.11 Å². The minimum atomic E-state index is -2.99. The predicted molar refractivity (Wildman–Crippen MR) is 118 cm³/mol. The highest BCUT2D eigenvalue weighted by Gasteiger charge is 2.11. The van der Waals surface area contributed by atoms with E-state index in [0.717, 1.165) is 24.3 Å². The molecule has 0 saturated carbocycles. The molecular formula is C20H33N3O6S. The third kappa shape index (κ3) is 10.1. The van der Waals surface area contributed by atoms with Gasteiger partial charge in [-0.2, -0.15) is 0 Å². The third-order valence-electron chi connectivity index (χ3n) is 4.14. The Morgan fingerprint density at radius 1 is 1.13 bits per heavy atom. The quantitative estimate of drug-likeness (QED) is 0.286. The van der Waals surface area contributed by atoms with Gasteiger partial charge < -0.3 is 29.6 Å². The molecule has 1 aromatic rings. The first-order valence-electron chi connectivity index (χ1n) is 10.2. The van der Waals surface area contributed by atoms with Crippen LogP contribution in [0.25, 0.3) is 0 Å². The molecule has 0 atom stereocenters. The van der Waals surface area contributed by atoms with Crippen LogP contribution in [0.15, 0.2) is 23.2 Å². The van der Waals surface area contributed by atoms with Crippen LogP contribution in [0.2, 0.25) is 0 Å². The fourth-order valence-electron chi connectivity index (χ4n) is 2.66. The number of ether oxygens (including phenoxy) is 4. The molecule has 2 N–H and O–H groups in total. The molecule has 9 nitrogen and oxygen atoms in total. The number of nitrogens with one attached hydrogen (secondary N) is 2. The Bertz CT molecular complexity index is 770. The number of nitrogens with zero attached hydrogens (tertiary/aromatic N) is 1. The van der Waals surface area contributed by atoms with Gasteiger partial charge >= 0.3 is 0 Å². The Balaban J connectivity index is 1.91. The smallest absolute Gasteiger partial charge is 0.195 e. The number of methoxy groups -OCH3 is 1. The first-order valence-corrected chi connectivity index (χ1v) is 12.2. The van der Waals surface area contributed by atoms with E-state index in [1.807, 2.05) is 18.2 Å². The lowest BCUT2D eigenvalue weighted by atomic mass is 10.2. The second-order valence-corrected chi connectivity index (χ2v) is 9.20. The van der Waals surface area contributed by atoms with E-state index in [9.17, 15) is 8.42 Å². The largest absolute Gasteiger partial charge is 0.490 e. The predicted octanol–water partition coefficient (Wildman–Crippen LogP) is 1.69. The summed E-state index contributed by atoms with van der Waals surface area (Å²) in [6.07, 6.45) is 3.34. The molecule has 10 heteroatoms. The number of benzene rings is 1. The minimum absolute atomic E-state index is 0.112. The molecule has 170 valence electrons. The Hall–Kier alpha value is -2.04. The second-order valence-electron chi connectivity index (χ2n) is 6.94. The number of rotatable bonds is 12. The monoisotopic (exact) mass is 443 g/mol. The van der Waals surface area contributed by atoms with Gasteiger partial charge in [0, 0.05) is 51.2 Å². The molecule has 2 rings (SSSR count). The van der Waals surface area contributed by atoms with Crippen molar-refractivity contribution in [3.63, 3.8) is 0 Å². The van der Waals surface area contributed by atoms with Crippen molar-refractivity contribution in [1.82, 2.24) is 5.32 Å². The number of hydrogen-bond acceptors (Lipinski definition) is 7. The van der Waals surface area contributed by atoms with Crippen molar-refractivity contribution in [2.75, 3.05) is 70.6 Å². The van der Waals surface area contributed by atoms with Crippen LogP contribution in [0.3, 0.4) is 0 Å². The van der Waals surface area contributed by atoms with E-state index in [1.165, 1.54) is 6.26 Å². The molecule has 30 heavy (non-hydrogen) atoms. The molecule has 1 aliphatic rings. The van der Waals surface area contributed by atoms with Gasteiger partial charge in [0.1, 0.15) is 9.84 Å². The fraction of sp³-hybridized carbons (Fsp3) is 0.650. The Labute approximate surface area is 179 Å². The third-order valence-corrected chi connectivity index (χ3v) is 5.17. The lowest BCUT2D eigenvalue weighted by Gasteiger charge is -2.15. The number of fused-ring (bicyclic) bond motifs is 1. The normalized spacial score (nSPS) is 14.3. The summed E-state index contributed by atoms with van der Waals surface area (Å²) in [7, 11) is -1.35. The summed E-state index contributed by atoms with van der Waals surface area (Å²) in [5.74, 6) is 2.11. The van der Waals surface area contributed by atoms with Crippen LogP contribution < -0.4 is 20.1 Å². The molecule has 0 fully saturated rings. The van der Waals surface area contributed by atoms with Gasteiger partial charge in [0.2, 0.25) is 0 Å². The summed E-state index contributed by atoms with van der Waals surface area (Å²) in [6.45, 7) is 4.07. The van der Waals surface area contributed by atoms with Gasteiger partial charge in [-0.05, 0) is 25.0 Å². The molecule has 0 saturated heterocycles. The molecule has 0 aliphatic carbocycles. The van der Waals surface area contributed by atoms with Gasteiger partial charge in [0.25, 0.3) is 0 Å². The van der Waals surface area contributed by atoms with Crippen LogP contribution in [-0.2, 0) is 19.3 Å². The lowest BCUT2D eigenvalue weighted by Crippen LogP contribution is -2.32. The molecule has 1 aliphatic heterocycles. The van der Waals surface area contributed by atoms with Gasteiger partial charge in [0.05, 0.1) is 32.2 Å². The number of hydrogen-bond donors (Lipinski definition) is 2. The van der Waals surface area contributed by atoms with Gasteiger partial charge in [-0.25, -0.2) is 8.42 Å². The summed E-state index contributed by atoms with van der Waals surface area (Å²) in [6, 6.07) is 5.64. The highest BCUT2D eigenvalue weighted by molar-refractivity contribution is 7.90. The van der Waals surface area contributed by atoms with Crippen molar-refractivity contribution < 1.29 is 27.4 Å². The highest BCUT2D eigenvalue weighted by Crippen LogP contribution is 2.32. The first kappa shape index (κ1) is 24.2. The Kier molecular flexibility index (Phi) is 10.7. The molecule has 0 amide bonds. The number of anilines is 1. The lowest BCUT2D eigenvalue weighted by molar-refractivity contribution is 0.0699. The van der Waals surface area contributed by atoms with E-state index in [-0.39, 0.29) is 5.75 Å². The molecule has 0 bridgehead atoms. The average molecular weight is 444 g/mol. The second kappa shape index (κ2) is 13.3. The number of aliphatic imine (C=N–C) groups is 1. The maximum Gasteiger partial charge on any atom is 0.195 e. The zero-order valence-corrected chi connectivity index (χ0v) is 18.6. The summed E-state index contributed by atoms with van der Waals surface area (Å²) in [5, 5.41) is 6.51. The van der Waals surface area contributed by atoms with Crippen molar-refractivity contribution in [1.29, 1.82) is 0 Å². The van der Waals surface area contributed by atoms with E-state index in [4.69, 9.17) is 18.9 Å². The topological polar surface area (TPSA) is 107 Å². The van der Waals surface area contributed by atoms with Crippen LogP contribution in [0.4, 0.5) is 5.69 Å². The van der Waals surface area contributed by atoms with Crippen LogP contribution >= 0.6 is 0 Å². The summed E-state index contributed by atoms with van der Waals surface area (Å²) in [5.41, 5.74) is 0.810. The van der Waals surface area contributed by atoms with Gasteiger partial charge in [-0.1, -0.05) is 0 Å². The van der Waals surface area contributed by atoms with Crippen molar-refractivity contribution in [2.45, 2.75) is 19.3 Å². The van der Waals surface area contributed by atoms with Gasteiger partial charge in [-0.3, -0.25) is 4.99 Å². The Morgan fingerprint density at radius 3 is 2.70 bits per heavy atom. The maximum atomic E-state index is 11.3. The van der Waals surface area contributed by atoms with E-state index >= 15 is 0 Å². The molecule has 0 unspecified atom stereocenters. The SMILES string of the molecule is COCCOCCCNC(=NCCCS(C)(=O)=O)Nc1ccc2c(c1)OCCCO2. The average Bonchev–Trinajstić information content (AvgIpc) is 2.94. The molecule has 0 aromatic heterocycles. The van der Waals surface area contributed by atoms with Gasteiger partial charge in [-0.15, -0.1) is 0 Å². The highest BCUT2D eigenvalue weighted by atomic mass is 32.2. The van der Waals surface area contributed by atoms with Crippen molar-refractivity contribution in [2.24, 2.45) is 4.99 Å². The van der Waals surface area contributed by atoms with Crippen LogP contribution in [0.1, 0.15) is 19.3 Å². The van der Waals surface area contributed by atoms with E-state index in [2.05, 4.69) is 15.6 Å². The zero-order chi connectivity index (χ0) is 21.7. The standard InChI is InChI=1S/C20H33N3O6S/c1-26-13-14-27-10-3-8-21-20(22-9-4-15-30(2,24)25)23-17-6-7-18-19(16-17)29-12-5-11-28-18/h6-7,16H,3-5,8-15H2,1-2H3,(H2,21,22,23). The number of sulfone groups is 1. The van der Waals surface area contributed by atoms with E-state index in [0.29, 0.717) is 64.3 Å². The molecular weight excluding hydrogens is 410 g/mol. The zero-order valence-electron chi connectivity index (χ0n) is 17.8. The summed E-state index contributed by atoms with van der Waals surface area (Å²) < 4.78 is 44.4. The van der Waals surface area contributed by atoms with Crippen molar-refractivity contribution in [3.8, 4) is 11.5 Å². The van der Waals surface area contributed by atoms with Gasteiger partial charge in [0.15, 0.2) is 17.5 Å². The minimum Gasteiger partial charge on any atom is -0.490 e. The molecule has 1 heterocycles. The van der Waals surface area contributed by atoms with Crippen LogP contribution in [0, 0.1) is 0 Å². The van der Waals surface area contributed by atoms with Crippen molar-refractivity contribution >= 4 is 21.5 Å². The summed E-state index contributed by atoms with van der Waals surface area (Å²) >= 11 is 0. The number of guanidine groups is 1. The first-order chi connectivity index (χ1) is 14.5. The molecule has 0 radical (unpaired) electrons. The molecule has 0 spiro atoms. The molecule has 1 aromatic carbocycles.